The van der Waals surface area contributed by atoms with E-state index in [-0.39, 0.29) is 6.04 Å². The minimum absolute atomic E-state index is 0.156. The van der Waals surface area contributed by atoms with Crippen molar-refractivity contribution in [1.29, 1.82) is 0 Å². The third-order valence-corrected chi connectivity index (χ3v) is 4.58. The summed E-state index contributed by atoms with van der Waals surface area (Å²) in [6.07, 6.45) is 0.841. The highest BCUT2D eigenvalue weighted by atomic mass is 79.9. The van der Waals surface area contributed by atoms with Crippen molar-refractivity contribution in [2.75, 3.05) is 7.05 Å². The van der Waals surface area contributed by atoms with Crippen molar-refractivity contribution in [3.8, 4) is 0 Å². The van der Waals surface area contributed by atoms with E-state index in [2.05, 4.69) is 27.3 Å². The van der Waals surface area contributed by atoms with Crippen LogP contribution in [-0.4, -0.2) is 7.05 Å². The predicted molar refractivity (Wildman–Crippen MR) is 86.1 cm³/mol. The standard InChI is InChI=1S/C15H14BrCl2N/c1-19-14(9-10-4-2-5-11(17)8-10)12-6-3-7-13(16)15(12)18/h2-8,14,19H,9H2,1H3. The number of nitrogens with one attached hydrogen (secondary N) is 1. The lowest BCUT2D eigenvalue weighted by atomic mass is 9.99. The summed E-state index contributed by atoms with van der Waals surface area (Å²) in [6.45, 7) is 0. The van der Waals surface area contributed by atoms with E-state index in [1.807, 2.05) is 43.4 Å². The first kappa shape index (κ1) is 14.9. The van der Waals surface area contributed by atoms with Crippen LogP contribution in [0.15, 0.2) is 46.9 Å². The van der Waals surface area contributed by atoms with Gasteiger partial charge in [-0.3, -0.25) is 0 Å². The summed E-state index contributed by atoms with van der Waals surface area (Å²) in [5.41, 5.74) is 2.27. The molecule has 1 atom stereocenters. The average molecular weight is 359 g/mol. The summed E-state index contributed by atoms with van der Waals surface area (Å²) in [5.74, 6) is 0. The number of halogens is 3. The van der Waals surface area contributed by atoms with Gasteiger partial charge in [0.1, 0.15) is 0 Å². The zero-order valence-electron chi connectivity index (χ0n) is 10.5. The molecule has 0 aliphatic rings. The molecular weight excluding hydrogens is 345 g/mol. The fourth-order valence-corrected chi connectivity index (χ4v) is 2.91. The number of rotatable bonds is 4. The van der Waals surface area contributed by atoms with Crippen molar-refractivity contribution >= 4 is 39.1 Å². The molecule has 4 heteroatoms. The second-order valence-corrected chi connectivity index (χ2v) is 5.99. The van der Waals surface area contributed by atoms with Crippen molar-refractivity contribution in [2.24, 2.45) is 0 Å². The Morgan fingerprint density at radius 2 is 1.89 bits per heavy atom. The third-order valence-electron chi connectivity index (χ3n) is 3.03. The normalized spacial score (nSPS) is 12.4. The molecule has 2 aromatic rings. The minimum Gasteiger partial charge on any atom is -0.313 e. The van der Waals surface area contributed by atoms with Crippen molar-refractivity contribution in [2.45, 2.75) is 12.5 Å². The Kier molecular flexibility index (Phi) is 5.28. The molecule has 1 nitrogen and oxygen atoms in total. The van der Waals surface area contributed by atoms with E-state index in [0.29, 0.717) is 0 Å². The van der Waals surface area contributed by atoms with E-state index >= 15 is 0 Å². The van der Waals surface area contributed by atoms with Crippen LogP contribution in [0.3, 0.4) is 0 Å². The lowest BCUT2D eigenvalue weighted by Gasteiger charge is -2.19. The van der Waals surface area contributed by atoms with Crippen LogP contribution in [0.2, 0.25) is 10.0 Å². The van der Waals surface area contributed by atoms with Crippen LogP contribution < -0.4 is 5.32 Å². The second kappa shape index (κ2) is 6.76. The molecule has 0 aliphatic carbocycles. The molecule has 0 saturated carbocycles. The van der Waals surface area contributed by atoms with Crippen LogP contribution in [0, 0.1) is 0 Å². The van der Waals surface area contributed by atoms with Crippen LogP contribution in [0.4, 0.5) is 0 Å². The van der Waals surface area contributed by atoms with E-state index in [1.165, 1.54) is 5.56 Å². The quantitative estimate of drug-likeness (QED) is 0.786. The average Bonchev–Trinajstić information content (AvgIpc) is 2.40. The van der Waals surface area contributed by atoms with Crippen LogP contribution in [0.5, 0.6) is 0 Å². The van der Waals surface area contributed by atoms with Gasteiger partial charge in [-0.1, -0.05) is 47.5 Å². The maximum Gasteiger partial charge on any atom is 0.0595 e. The summed E-state index contributed by atoms with van der Waals surface area (Å²) in [7, 11) is 1.94. The molecular formula is C15H14BrCl2N. The lowest BCUT2D eigenvalue weighted by molar-refractivity contribution is 0.592. The van der Waals surface area contributed by atoms with Crippen molar-refractivity contribution < 1.29 is 0 Å². The molecule has 0 heterocycles. The maximum atomic E-state index is 6.35. The minimum atomic E-state index is 0.156. The molecule has 0 spiro atoms. The molecule has 0 fully saturated rings. The Morgan fingerprint density at radius 1 is 1.16 bits per heavy atom. The fourth-order valence-electron chi connectivity index (χ4n) is 2.06. The molecule has 0 amide bonds. The molecule has 2 aromatic carbocycles. The van der Waals surface area contributed by atoms with Crippen LogP contribution in [-0.2, 0) is 6.42 Å². The van der Waals surface area contributed by atoms with Gasteiger partial charge in [0.05, 0.1) is 5.02 Å². The summed E-state index contributed by atoms with van der Waals surface area (Å²) in [4.78, 5) is 0. The van der Waals surface area contributed by atoms with E-state index in [1.54, 1.807) is 0 Å². The molecule has 0 aliphatic heterocycles. The number of likely N-dealkylation sites (N-methyl/N-ethyl adjacent to an activating group) is 1. The summed E-state index contributed by atoms with van der Waals surface area (Å²) in [6, 6.07) is 14.0. The SMILES string of the molecule is CNC(Cc1cccc(Cl)c1)c1cccc(Br)c1Cl. The van der Waals surface area contributed by atoms with Gasteiger partial charge in [0, 0.05) is 15.5 Å². The predicted octanol–water partition coefficient (Wildman–Crippen LogP) is 5.26. The highest BCUT2D eigenvalue weighted by molar-refractivity contribution is 9.10. The largest absolute Gasteiger partial charge is 0.313 e. The van der Waals surface area contributed by atoms with Gasteiger partial charge in [-0.15, -0.1) is 0 Å². The fraction of sp³-hybridized carbons (Fsp3) is 0.200. The first-order valence-electron chi connectivity index (χ1n) is 5.97. The summed E-state index contributed by atoms with van der Waals surface area (Å²) >= 11 is 15.8. The van der Waals surface area contributed by atoms with Crippen molar-refractivity contribution in [3.05, 3.63) is 68.1 Å². The van der Waals surface area contributed by atoms with Gasteiger partial charge in [-0.05, 0) is 58.7 Å². The Labute approximate surface area is 132 Å². The Hall–Kier alpha value is -0.540. The Bertz CT molecular complexity index is 572. The van der Waals surface area contributed by atoms with Crippen LogP contribution >= 0.6 is 39.1 Å². The van der Waals surface area contributed by atoms with Gasteiger partial charge in [0.15, 0.2) is 0 Å². The topological polar surface area (TPSA) is 12.0 Å². The van der Waals surface area contributed by atoms with Crippen LogP contribution in [0.25, 0.3) is 0 Å². The van der Waals surface area contributed by atoms with Gasteiger partial charge < -0.3 is 5.32 Å². The summed E-state index contributed by atoms with van der Waals surface area (Å²) in [5, 5.41) is 4.82. The van der Waals surface area contributed by atoms with Gasteiger partial charge in [0.2, 0.25) is 0 Å². The molecule has 100 valence electrons. The maximum absolute atomic E-state index is 6.35. The third kappa shape index (κ3) is 3.73. The molecule has 0 bridgehead atoms. The van der Waals surface area contributed by atoms with Gasteiger partial charge in [-0.25, -0.2) is 0 Å². The summed E-state index contributed by atoms with van der Waals surface area (Å²) < 4.78 is 0.915. The van der Waals surface area contributed by atoms with Gasteiger partial charge in [0.25, 0.3) is 0 Å². The van der Waals surface area contributed by atoms with E-state index in [4.69, 9.17) is 23.2 Å². The molecule has 2 rings (SSSR count). The molecule has 0 aromatic heterocycles. The second-order valence-electron chi connectivity index (χ2n) is 4.32. The Morgan fingerprint density at radius 3 is 2.58 bits per heavy atom. The van der Waals surface area contributed by atoms with Crippen LogP contribution in [0.1, 0.15) is 17.2 Å². The van der Waals surface area contributed by atoms with E-state index < -0.39 is 0 Å². The number of benzene rings is 2. The first-order chi connectivity index (χ1) is 9.11. The zero-order chi connectivity index (χ0) is 13.8. The molecule has 1 unspecified atom stereocenters. The van der Waals surface area contributed by atoms with Crippen molar-refractivity contribution in [3.63, 3.8) is 0 Å². The number of hydrogen-bond acceptors (Lipinski definition) is 1. The first-order valence-corrected chi connectivity index (χ1v) is 7.52. The zero-order valence-corrected chi connectivity index (χ0v) is 13.6. The molecule has 1 N–H and O–H groups in total. The van der Waals surface area contributed by atoms with Gasteiger partial charge >= 0.3 is 0 Å². The van der Waals surface area contributed by atoms with E-state index in [9.17, 15) is 0 Å². The Balaban J connectivity index is 2.28. The molecule has 19 heavy (non-hydrogen) atoms. The highest BCUT2D eigenvalue weighted by Crippen LogP contribution is 2.31. The smallest absolute Gasteiger partial charge is 0.0595 e. The molecule has 0 radical (unpaired) electrons. The molecule has 0 saturated heterocycles. The monoisotopic (exact) mass is 357 g/mol. The van der Waals surface area contributed by atoms with Crippen molar-refractivity contribution in [1.82, 2.24) is 5.32 Å². The number of hydrogen-bond donors (Lipinski definition) is 1. The van der Waals surface area contributed by atoms with Gasteiger partial charge in [-0.2, -0.15) is 0 Å². The van der Waals surface area contributed by atoms with E-state index in [0.717, 1.165) is 26.5 Å². The highest BCUT2D eigenvalue weighted by Gasteiger charge is 2.15. The lowest BCUT2D eigenvalue weighted by Crippen LogP contribution is -2.19.